The maximum Gasteiger partial charge on any atom is 0.179 e. The summed E-state index contributed by atoms with van der Waals surface area (Å²) in [7, 11) is 5.15. The summed E-state index contributed by atoms with van der Waals surface area (Å²) in [6, 6.07) is 8.29. The second kappa shape index (κ2) is 6.97. The van der Waals surface area contributed by atoms with Gasteiger partial charge in [-0.15, -0.1) is 11.3 Å². The molecule has 0 bridgehead atoms. The SMILES string of the molecule is CNC(Cc1cccs1)c1cc(Cl)c(OC)c(OC)c1. The molecule has 0 spiro atoms. The van der Waals surface area contributed by atoms with E-state index in [0.29, 0.717) is 16.5 Å². The average Bonchev–Trinajstić information content (AvgIpc) is 2.96. The quantitative estimate of drug-likeness (QED) is 0.877. The molecule has 20 heavy (non-hydrogen) atoms. The molecule has 0 saturated carbocycles. The van der Waals surface area contributed by atoms with Crippen molar-refractivity contribution in [3.05, 3.63) is 45.1 Å². The number of ether oxygens (including phenoxy) is 2. The van der Waals surface area contributed by atoms with Gasteiger partial charge in [0, 0.05) is 17.3 Å². The first-order chi connectivity index (χ1) is 9.69. The molecule has 5 heteroatoms. The summed E-state index contributed by atoms with van der Waals surface area (Å²) < 4.78 is 10.6. The minimum Gasteiger partial charge on any atom is -0.493 e. The Balaban J connectivity index is 2.32. The van der Waals surface area contributed by atoms with E-state index in [2.05, 4.69) is 22.8 Å². The highest BCUT2D eigenvalue weighted by Crippen LogP contribution is 2.38. The molecule has 3 nitrogen and oxygen atoms in total. The highest BCUT2D eigenvalue weighted by atomic mass is 35.5. The van der Waals surface area contributed by atoms with Crippen LogP contribution in [0.4, 0.5) is 0 Å². The summed E-state index contributed by atoms with van der Waals surface area (Å²) in [6.07, 6.45) is 0.917. The minimum atomic E-state index is 0.186. The van der Waals surface area contributed by atoms with Crippen LogP contribution in [-0.2, 0) is 6.42 Å². The number of methoxy groups -OCH3 is 2. The average molecular weight is 312 g/mol. The Labute approximate surface area is 128 Å². The van der Waals surface area contributed by atoms with Gasteiger partial charge in [0.1, 0.15) is 0 Å². The molecular formula is C15H18ClNO2S. The molecule has 0 aliphatic carbocycles. The normalized spacial score (nSPS) is 12.2. The van der Waals surface area contributed by atoms with Crippen molar-refractivity contribution in [2.24, 2.45) is 0 Å². The Morgan fingerprint density at radius 2 is 2.10 bits per heavy atom. The van der Waals surface area contributed by atoms with E-state index >= 15 is 0 Å². The number of hydrogen-bond acceptors (Lipinski definition) is 4. The van der Waals surface area contributed by atoms with Gasteiger partial charge in [-0.25, -0.2) is 0 Å². The van der Waals surface area contributed by atoms with E-state index in [9.17, 15) is 0 Å². The number of halogens is 1. The summed E-state index contributed by atoms with van der Waals surface area (Å²) in [5.41, 5.74) is 1.09. The number of nitrogens with one attached hydrogen (secondary N) is 1. The van der Waals surface area contributed by atoms with E-state index in [-0.39, 0.29) is 6.04 Å². The largest absolute Gasteiger partial charge is 0.493 e. The summed E-state index contributed by atoms with van der Waals surface area (Å²) in [6.45, 7) is 0. The Hall–Kier alpha value is -1.23. The van der Waals surface area contributed by atoms with E-state index in [4.69, 9.17) is 21.1 Å². The Bertz CT molecular complexity index is 557. The maximum absolute atomic E-state index is 6.27. The zero-order valence-electron chi connectivity index (χ0n) is 11.8. The monoisotopic (exact) mass is 311 g/mol. The van der Waals surface area contributed by atoms with Crippen LogP contribution in [0.25, 0.3) is 0 Å². The Morgan fingerprint density at radius 1 is 1.30 bits per heavy atom. The number of likely N-dealkylation sites (N-methyl/N-ethyl adjacent to an activating group) is 1. The number of hydrogen-bond donors (Lipinski definition) is 1. The number of benzene rings is 1. The lowest BCUT2D eigenvalue weighted by molar-refractivity contribution is 0.354. The van der Waals surface area contributed by atoms with E-state index in [1.165, 1.54) is 4.88 Å². The first-order valence-corrected chi connectivity index (χ1v) is 7.56. The lowest BCUT2D eigenvalue weighted by Crippen LogP contribution is -2.18. The van der Waals surface area contributed by atoms with Crippen molar-refractivity contribution in [2.75, 3.05) is 21.3 Å². The fourth-order valence-corrected chi connectivity index (χ4v) is 3.20. The fraction of sp³-hybridized carbons (Fsp3) is 0.333. The molecule has 0 saturated heterocycles. The van der Waals surface area contributed by atoms with Crippen LogP contribution in [0.15, 0.2) is 29.6 Å². The molecule has 0 aliphatic rings. The van der Waals surface area contributed by atoms with E-state index < -0.39 is 0 Å². The second-order valence-electron chi connectivity index (χ2n) is 4.36. The third-order valence-electron chi connectivity index (χ3n) is 3.19. The molecule has 1 N–H and O–H groups in total. The molecule has 0 aliphatic heterocycles. The lowest BCUT2D eigenvalue weighted by atomic mass is 10.0. The van der Waals surface area contributed by atoms with E-state index in [1.807, 2.05) is 19.2 Å². The third-order valence-corrected chi connectivity index (χ3v) is 4.37. The van der Waals surface area contributed by atoms with Crippen LogP contribution in [0.3, 0.4) is 0 Å². The van der Waals surface area contributed by atoms with Crippen molar-refractivity contribution < 1.29 is 9.47 Å². The predicted molar refractivity (Wildman–Crippen MR) is 84.4 cm³/mol. The molecule has 1 aromatic heterocycles. The predicted octanol–water partition coefficient (Wildman–Crippen LogP) is 3.92. The Morgan fingerprint density at radius 3 is 2.65 bits per heavy atom. The van der Waals surface area contributed by atoms with Gasteiger partial charge in [0.25, 0.3) is 0 Å². The number of rotatable bonds is 6. The first kappa shape index (κ1) is 15.2. The van der Waals surface area contributed by atoms with Gasteiger partial charge in [-0.1, -0.05) is 17.7 Å². The molecule has 1 atom stereocenters. The highest BCUT2D eigenvalue weighted by Gasteiger charge is 2.17. The molecular weight excluding hydrogens is 294 g/mol. The molecule has 1 heterocycles. The highest BCUT2D eigenvalue weighted by molar-refractivity contribution is 7.09. The van der Waals surface area contributed by atoms with Crippen molar-refractivity contribution in [1.82, 2.24) is 5.32 Å². The van der Waals surface area contributed by atoms with E-state index in [0.717, 1.165) is 12.0 Å². The van der Waals surface area contributed by atoms with Crippen LogP contribution in [0, 0.1) is 0 Å². The van der Waals surface area contributed by atoms with Crippen molar-refractivity contribution in [2.45, 2.75) is 12.5 Å². The van der Waals surface area contributed by atoms with E-state index in [1.54, 1.807) is 25.6 Å². The van der Waals surface area contributed by atoms with Crippen LogP contribution < -0.4 is 14.8 Å². The first-order valence-electron chi connectivity index (χ1n) is 6.30. The van der Waals surface area contributed by atoms with Gasteiger partial charge in [-0.05, 0) is 36.2 Å². The van der Waals surface area contributed by atoms with Crippen LogP contribution in [-0.4, -0.2) is 21.3 Å². The van der Waals surface area contributed by atoms with Crippen LogP contribution in [0.2, 0.25) is 5.02 Å². The molecule has 2 rings (SSSR count). The minimum absolute atomic E-state index is 0.186. The van der Waals surface area contributed by atoms with Gasteiger partial charge < -0.3 is 14.8 Å². The van der Waals surface area contributed by atoms with Crippen LogP contribution >= 0.6 is 22.9 Å². The summed E-state index contributed by atoms with van der Waals surface area (Å²) in [5, 5.41) is 5.97. The van der Waals surface area contributed by atoms with Gasteiger partial charge in [-0.3, -0.25) is 0 Å². The summed E-state index contributed by atoms with van der Waals surface area (Å²) in [4.78, 5) is 1.33. The fourth-order valence-electron chi connectivity index (χ4n) is 2.16. The van der Waals surface area contributed by atoms with Crippen molar-refractivity contribution >= 4 is 22.9 Å². The molecule has 1 aromatic carbocycles. The lowest BCUT2D eigenvalue weighted by Gasteiger charge is -2.19. The maximum atomic E-state index is 6.27. The molecule has 0 amide bonds. The van der Waals surface area contributed by atoms with Crippen molar-refractivity contribution in [3.8, 4) is 11.5 Å². The smallest absolute Gasteiger partial charge is 0.179 e. The topological polar surface area (TPSA) is 30.5 Å². The molecule has 0 radical (unpaired) electrons. The van der Waals surface area contributed by atoms with Crippen LogP contribution in [0.1, 0.15) is 16.5 Å². The van der Waals surface area contributed by atoms with Gasteiger partial charge in [0.2, 0.25) is 0 Å². The van der Waals surface area contributed by atoms with Gasteiger partial charge >= 0.3 is 0 Å². The molecule has 0 fully saturated rings. The second-order valence-corrected chi connectivity index (χ2v) is 5.80. The van der Waals surface area contributed by atoms with Gasteiger partial charge in [0.05, 0.1) is 19.2 Å². The number of thiophene rings is 1. The van der Waals surface area contributed by atoms with Crippen molar-refractivity contribution in [1.29, 1.82) is 0 Å². The standard InChI is InChI=1S/C15H18ClNO2S/c1-17-13(9-11-5-4-6-20-11)10-7-12(16)15(19-3)14(8-10)18-2/h4-8,13,17H,9H2,1-3H3. The molecule has 1 unspecified atom stereocenters. The third kappa shape index (κ3) is 3.26. The molecule has 108 valence electrons. The summed E-state index contributed by atoms with van der Waals surface area (Å²) >= 11 is 8.02. The Kier molecular flexibility index (Phi) is 5.29. The molecule has 2 aromatic rings. The van der Waals surface area contributed by atoms with Crippen molar-refractivity contribution in [3.63, 3.8) is 0 Å². The zero-order valence-corrected chi connectivity index (χ0v) is 13.3. The van der Waals surface area contributed by atoms with Gasteiger partial charge in [0.15, 0.2) is 11.5 Å². The van der Waals surface area contributed by atoms with Crippen LogP contribution in [0.5, 0.6) is 11.5 Å². The van der Waals surface area contributed by atoms with Gasteiger partial charge in [-0.2, -0.15) is 0 Å². The zero-order chi connectivity index (χ0) is 14.5. The summed E-state index contributed by atoms with van der Waals surface area (Å²) in [5.74, 6) is 1.23.